The number of amides is 1. The molecule has 0 bridgehead atoms. The van der Waals surface area contributed by atoms with Crippen LogP contribution in [0.25, 0.3) is 22.8 Å². The third kappa shape index (κ3) is 6.88. The van der Waals surface area contributed by atoms with Gasteiger partial charge in [-0.15, -0.1) is 0 Å². The Balaban J connectivity index is 1.81. The van der Waals surface area contributed by atoms with E-state index in [9.17, 15) is 4.79 Å². The fraction of sp³-hybridized carbons (Fsp3) is 0.481. The Morgan fingerprint density at radius 2 is 1.86 bits per heavy atom. The van der Waals surface area contributed by atoms with Crippen molar-refractivity contribution in [2.24, 2.45) is 5.92 Å². The molecule has 0 saturated carbocycles. The number of carbonyl (C=O) groups excluding carboxylic acids is 1. The minimum Gasteiger partial charge on any atom is -0.395 e. The number of nitrogens with one attached hydrogen (secondary N) is 2. The quantitative estimate of drug-likeness (QED) is 0.354. The van der Waals surface area contributed by atoms with Crippen molar-refractivity contribution < 1.29 is 14.4 Å². The third-order valence-electron chi connectivity index (χ3n) is 5.94. The van der Waals surface area contributed by atoms with Crippen LogP contribution in [0.4, 0.5) is 5.82 Å². The number of benzene rings is 1. The highest BCUT2D eigenvalue weighted by Crippen LogP contribution is 2.28. The van der Waals surface area contributed by atoms with Crippen LogP contribution in [0.2, 0.25) is 0 Å². The standard InChI is InChI=1S/C27H37N5O3/c1-6-19-13-21(12-18(5)23(19)8-9-24(34)28-10-11-33)26-31-27(35-32-26)22-14-20(7-2)25(30-16-22)29-15-17(3)4/h12-14,16-17,33H,6-11,15H2,1-5H3,(H,28,34)(H,29,30). The van der Waals surface area contributed by atoms with E-state index in [0.29, 0.717) is 30.5 Å². The molecule has 0 saturated heterocycles. The lowest BCUT2D eigenvalue weighted by Gasteiger charge is -2.13. The molecule has 3 rings (SSSR count). The van der Waals surface area contributed by atoms with Crippen molar-refractivity contribution in [3.05, 3.63) is 46.6 Å². The van der Waals surface area contributed by atoms with Gasteiger partial charge in [-0.3, -0.25) is 4.79 Å². The first-order chi connectivity index (χ1) is 16.9. The van der Waals surface area contributed by atoms with Crippen LogP contribution in [0.3, 0.4) is 0 Å². The van der Waals surface area contributed by atoms with Crippen molar-refractivity contribution in [3.8, 4) is 22.8 Å². The molecule has 1 amide bonds. The van der Waals surface area contributed by atoms with E-state index in [-0.39, 0.29) is 19.1 Å². The molecule has 0 radical (unpaired) electrons. The van der Waals surface area contributed by atoms with Gasteiger partial charge < -0.3 is 20.3 Å². The van der Waals surface area contributed by atoms with Gasteiger partial charge in [-0.1, -0.05) is 32.9 Å². The lowest BCUT2D eigenvalue weighted by Crippen LogP contribution is -2.26. The Morgan fingerprint density at radius 3 is 2.54 bits per heavy atom. The summed E-state index contributed by atoms with van der Waals surface area (Å²) < 4.78 is 5.61. The zero-order valence-corrected chi connectivity index (χ0v) is 21.4. The minimum absolute atomic E-state index is 0.0542. The molecule has 2 heterocycles. The summed E-state index contributed by atoms with van der Waals surface area (Å²) >= 11 is 0. The van der Waals surface area contributed by atoms with E-state index in [4.69, 9.17) is 9.63 Å². The monoisotopic (exact) mass is 479 g/mol. The lowest BCUT2D eigenvalue weighted by atomic mass is 9.93. The number of aryl methyl sites for hydroxylation is 3. The summed E-state index contributed by atoms with van der Waals surface area (Å²) in [6.07, 6.45) is 4.48. The summed E-state index contributed by atoms with van der Waals surface area (Å²) in [6, 6.07) is 6.18. The molecule has 0 aliphatic rings. The number of nitrogens with zero attached hydrogens (tertiary/aromatic N) is 3. The molecule has 8 nitrogen and oxygen atoms in total. The zero-order valence-electron chi connectivity index (χ0n) is 21.4. The SMILES string of the molecule is CCc1cc(-c2nc(-c3cc(C)c(CCC(=O)NCCO)c(CC)c3)no2)cnc1NCC(C)C. The first kappa shape index (κ1) is 26.3. The van der Waals surface area contributed by atoms with Gasteiger partial charge in [-0.2, -0.15) is 4.98 Å². The van der Waals surface area contributed by atoms with Gasteiger partial charge in [-0.05, 0) is 72.6 Å². The second-order valence-corrected chi connectivity index (χ2v) is 9.14. The van der Waals surface area contributed by atoms with Crippen molar-refractivity contribution >= 4 is 11.7 Å². The first-order valence-corrected chi connectivity index (χ1v) is 12.4. The van der Waals surface area contributed by atoms with Gasteiger partial charge >= 0.3 is 0 Å². The van der Waals surface area contributed by atoms with Crippen molar-refractivity contribution in [3.63, 3.8) is 0 Å². The van der Waals surface area contributed by atoms with E-state index in [2.05, 4.69) is 65.6 Å². The molecular weight excluding hydrogens is 442 g/mol. The molecule has 35 heavy (non-hydrogen) atoms. The van der Waals surface area contributed by atoms with E-state index in [1.807, 2.05) is 13.0 Å². The summed E-state index contributed by atoms with van der Waals surface area (Å²) in [5, 5.41) is 19.2. The molecule has 0 aliphatic carbocycles. The number of anilines is 1. The predicted octanol–water partition coefficient (Wildman–Crippen LogP) is 4.34. The Morgan fingerprint density at radius 1 is 1.11 bits per heavy atom. The van der Waals surface area contributed by atoms with Gasteiger partial charge in [0.05, 0.1) is 12.2 Å². The summed E-state index contributed by atoms with van der Waals surface area (Å²) in [7, 11) is 0. The van der Waals surface area contributed by atoms with Crippen molar-refractivity contribution in [2.75, 3.05) is 25.0 Å². The second-order valence-electron chi connectivity index (χ2n) is 9.14. The van der Waals surface area contributed by atoms with Gasteiger partial charge in [0.15, 0.2) is 0 Å². The first-order valence-electron chi connectivity index (χ1n) is 12.4. The van der Waals surface area contributed by atoms with Crippen LogP contribution < -0.4 is 10.6 Å². The van der Waals surface area contributed by atoms with E-state index in [1.165, 1.54) is 5.56 Å². The fourth-order valence-electron chi connectivity index (χ4n) is 4.03. The van der Waals surface area contributed by atoms with Gasteiger partial charge in [0.1, 0.15) is 5.82 Å². The average molecular weight is 480 g/mol. The van der Waals surface area contributed by atoms with Crippen LogP contribution in [0.15, 0.2) is 28.9 Å². The second kappa shape index (κ2) is 12.4. The maximum absolute atomic E-state index is 12.0. The molecule has 2 aromatic heterocycles. The van der Waals surface area contributed by atoms with Gasteiger partial charge in [0.2, 0.25) is 11.7 Å². The number of hydrogen-bond donors (Lipinski definition) is 3. The van der Waals surface area contributed by atoms with Crippen molar-refractivity contribution in [1.29, 1.82) is 0 Å². The molecular formula is C27H37N5O3. The minimum atomic E-state index is -0.0575. The van der Waals surface area contributed by atoms with Crippen LogP contribution in [-0.2, 0) is 24.1 Å². The Hall–Kier alpha value is -3.26. The van der Waals surface area contributed by atoms with Gasteiger partial charge in [0.25, 0.3) is 5.89 Å². The van der Waals surface area contributed by atoms with E-state index >= 15 is 0 Å². The smallest absolute Gasteiger partial charge is 0.259 e. The van der Waals surface area contributed by atoms with Crippen LogP contribution in [0, 0.1) is 12.8 Å². The van der Waals surface area contributed by atoms with Crippen LogP contribution in [0.1, 0.15) is 56.4 Å². The van der Waals surface area contributed by atoms with Crippen LogP contribution in [-0.4, -0.2) is 45.8 Å². The van der Waals surface area contributed by atoms with E-state index in [1.54, 1.807) is 6.20 Å². The number of hydrogen-bond acceptors (Lipinski definition) is 7. The van der Waals surface area contributed by atoms with Crippen LogP contribution in [0.5, 0.6) is 0 Å². The Kier molecular flexibility index (Phi) is 9.37. The predicted molar refractivity (Wildman–Crippen MR) is 138 cm³/mol. The summed E-state index contributed by atoms with van der Waals surface area (Å²) in [5.74, 6) is 2.35. The third-order valence-corrected chi connectivity index (χ3v) is 5.94. The topological polar surface area (TPSA) is 113 Å². The average Bonchev–Trinajstić information content (AvgIpc) is 3.35. The maximum Gasteiger partial charge on any atom is 0.259 e. The van der Waals surface area contributed by atoms with Gasteiger partial charge in [-0.25, -0.2) is 4.98 Å². The highest BCUT2D eigenvalue weighted by Gasteiger charge is 2.16. The number of carbonyl (C=O) groups is 1. The van der Waals surface area contributed by atoms with E-state index in [0.717, 1.165) is 53.0 Å². The molecule has 188 valence electrons. The molecule has 8 heteroatoms. The number of aliphatic hydroxyl groups is 1. The molecule has 0 atom stereocenters. The highest BCUT2D eigenvalue weighted by atomic mass is 16.5. The number of pyridine rings is 1. The summed E-state index contributed by atoms with van der Waals surface area (Å²) in [4.78, 5) is 21.2. The molecule has 0 fully saturated rings. The Labute approximate surface area is 207 Å². The lowest BCUT2D eigenvalue weighted by molar-refractivity contribution is -0.121. The van der Waals surface area contributed by atoms with E-state index < -0.39 is 0 Å². The molecule has 0 spiro atoms. The normalized spacial score (nSPS) is 11.2. The number of aliphatic hydroxyl groups excluding tert-OH is 1. The number of rotatable bonds is 12. The molecule has 3 N–H and O–H groups in total. The van der Waals surface area contributed by atoms with Crippen LogP contribution >= 0.6 is 0 Å². The van der Waals surface area contributed by atoms with Crippen molar-refractivity contribution in [2.45, 2.75) is 60.3 Å². The zero-order chi connectivity index (χ0) is 25.4. The Bertz CT molecular complexity index is 1140. The number of aromatic nitrogens is 3. The molecule has 0 unspecified atom stereocenters. The summed E-state index contributed by atoms with van der Waals surface area (Å²) in [6.45, 7) is 11.7. The van der Waals surface area contributed by atoms with Gasteiger partial charge in [0, 0.05) is 31.3 Å². The molecule has 3 aromatic rings. The molecule has 0 aliphatic heterocycles. The van der Waals surface area contributed by atoms with Crippen molar-refractivity contribution in [1.82, 2.24) is 20.4 Å². The largest absolute Gasteiger partial charge is 0.395 e. The molecule has 1 aromatic carbocycles. The fourth-order valence-corrected chi connectivity index (χ4v) is 4.03. The highest BCUT2D eigenvalue weighted by molar-refractivity contribution is 5.76. The summed E-state index contributed by atoms with van der Waals surface area (Å²) in [5.41, 5.74) is 6.23. The maximum atomic E-state index is 12.0.